The fraction of sp³-hybridized carbons (Fsp3) is 0.333. The van der Waals surface area contributed by atoms with Crippen LogP contribution in [0, 0.1) is 0 Å². The topological polar surface area (TPSA) is 154 Å². The molecule has 2 aliphatic rings. The van der Waals surface area contributed by atoms with E-state index in [1.54, 1.807) is 31.2 Å². The van der Waals surface area contributed by atoms with Crippen LogP contribution in [0.3, 0.4) is 0 Å². The number of benzene rings is 1. The number of rotatable bonds is 8. The minimum atomic E-state index is -1.26. The first-order valence-corrected chi connectivity index (χ1v) is 13.4. The van der Waals surface area contributed by atoms with E-state index in [2.05, 4.69) is 31.4 Å². The van der Waals surface area contributed by atoms with E-state index in [9.17, 15) is 29.1 Å². The van der Waals surface area contributed by atoms with Gasteiger partial charge in [-0.25, -0.2) is 9.89 Å². The second-order valence-electron chi connectivity index (χ2n) is 7.60. The maximum Gasteiger partial charge on any atom is 1.00 e. The number of amides is 2. The molecule has 11 nitrogen and oxygen atoms in total. The first-order chi connectivity index (χ1) is 16.7. The average molecular weight is 606 g/mol. The zero-order valence-corrected chi connectivity index (χ0v) is 24.5. The van der Waals surface area contributed by atoms with Crippen LogP contribution in [0.2, 0.25) is 0 Å². The molecule has 3 N–H and O–H groups in total. The van der Waals surface area contributed by atoms with E-state index in [0.29, 0.717) is 11.3 Å². The van der Waals surface area contributed by atoms with Gasteiger partial charge in [-0.2, -0.15) is 0 Å². The fourth-order valence-corrected chi connectivity index (χ4v) is 6.68. The van der Waals surface area contributed by atoms with Crippen molar-refractivity contribution in [1.29, 1.82) is 0 Å². The van der Waals surface area contributed by atoms with E-state index in [0.717, 1.165) is 17.3 Å². The molecule has 186 valence electrons. The maximum absolute atomic E-state index is 12.9. The molecule has 0 spiro atoms. The molecule has 15 heteroatoms. The number of hydrogen-bond acceptors (Lipinski definition) is 8. The number of β-lactam (4-membered cyclic amide) rings is 1. The summed E-state index contributed by atoms with van der Waals surface area (Å²) in [6.07, 6.45) is 0. The largest absolute Gasteiger partial charge is 1.00 e. The first kappa shape index (κ1) is 28.7. The van der Waals surface area contributed by atoms with Crippen LogP contribution >= 0.6 is 39.5 Å². The third-order valence-electron chi connectivity index (χ3n) is 5.49. The molecule has 1 unspecified atom stereocenters. The number of alkyl halides is 1. The summed E-state index contributed by atoms with van der Waals surface area (Å²) < 4.78 is 1.20. The van der Waals surface area contributed by atoms with Gasteiger partial charge in [0.1, 0.15) is 21.9 Å². The van der Waals surface area contributed by atoms with Crippen molar-refractivity contribution in [3.8, 4) is 0 Å². The number of nitrogens with zero attached hydrogens (tertiary/aromatic N) is 3. The van der Waals surface area contributed by atoms with E-state index >= 15 is 0 Å². The molecule has 3 atom stereocenters. The van der Waals surface area contributed by atoms with Crippen molar-refractivity contribution in [3.63, 3.8) is 0 Å². The van der Waals surface area contributed by atoms with Crippen LogP contribution in [-0.4, -0.2) is 65.5 Å². The van der Waals surface area contributed by atoms with Gasteiger partial charge < -0.3 is 11.8 Å². The molecule has 3 heterocycles. The Kier molecular flexibility index (Phi) is 9.68. The number of aromatic amines is 1. The number of carbonyl (C=O) groups excluding carboxylic acids is 2. The van der Waals surface area contributed by atoms with E-state index in [1.807, 2.05) is 6.07 Å². The van der Waals surface area contributed by atoms with Gasteiger partial charge >= 0.3 is 46.6 Å². The SMILES string of the molecule is CCn1c(SCC2=C(C(=O)O)N3C(=O)[C@@H](NC(=O)C(Br)c4ccccc4)[C@H]3SC2)n[nH]c(=O)c1=O.[H-].[Na+]. The van der Waals surface area contributed by atoms with E-state index < -0.39 is 45.1 Å². The summed E-state index contributed by atoms with van der Waals surface area (Å²) in [6.45, 7) is 1.92. The van der Waals surface area contributed by atoms with Crippen LogP contribution in [0.25, 0.3) is 0 Å². The number of hydrogen-bond donors (Lipinski definition) is 3. The van der Waals surface area contributed by atoms with Gasteiger partial charge in [0.05, 0.1) is 0 Å². The number of thioether (sulfide) groups is 2. The Labute approximate surface area is 245 Å². The van der Waals surface area contributed by atoms with Crippen LogP contribution in [0.15, 0.2) is 56.3 Å². The van der Waals surface area contributed by atoms with Crippen molar-refractivity contribution in [3.05, 3.63) is 67.9 Å². The number of fused-ring (bicyclic) bond motifs is 1. The summed E-state index contributed by atoms with van der Waals surface area (Å²) in [4.78, 5) is 61.7. The molecular weight excluding hydrogens is 585 g/mol. The molecule has 1 saturated heterocycles. The molecule has 2 amide bonds. The zero-order chi connectivity index (χ0) is 25.3. The standard InChI is InChI=1S/C21H20BrN5O6S2.Na.H/c1-2-26-18(31)16(29)24-25-21(26)35-9-11-8-34-19-13(17(30)27(19)14(11)20(32)33)23-15(28)12(22)10-6-4-3-5-7-10;;/h3-7,12-13,19H,2,8-9H2,1H3,(H,23,28)(H,24,29)(H,32,33);;/q;+1;-1/t12?,13-,19-;;/m1../s1. The summed E-state index contributed by atoms with van der Waals surface area (Å²) in [7, 11) is 0. The Morgan fingerprint density at radius 1 is 1.33 bits per heavy atom. The summed E-state index contributed by atoms with van der Waals surface area (Å²) in [5, 5.41) is 18.3. The van der Waals surface area contributed by atoms with Gasteiger partial charge in [-0.3, -0.25) is 28.6 Å². The number of carboxylic acid groups (broad SMARTS) is 1. The Balaban J connectivity index is 0.00000241. The molecule has 1 aromatic carbocycles. The normalized spacial score (nSPS) is 19.6. The van der Waals surface area contributed by atoms with Crippen molar-refractivity contribution in [2.45, 2.75) is 34.9 Å². The molecule has 36 heavy (non-hydrogen) atoms. The van der Waals surface area contributed by atoms with Gasteiger partial charge in [-0.15, -0.1) is 16.9 Å². The van der Waals surface area contributed by atoms with Crippen molar-refractivity contribution in [2.24, 2.45) is 0 Å². The van der Waals surface area contributed by atoms with Crippen molar-refractivity contribution < 1.29 is 50.5 Å². The van der Waals surface area contributed by atoms with Crippen molar-refractivity contribution in [2.75, 3.05) is 11.5 Å². The summed E-state index contributed by atoms with van der Waals surface area (Å²) in [6, 6.07) is 8.16. The van der Waals surface area contributed by atoms with Gasteiger partial charge in [0.25, 0.3) is 5.91 Å². The number of H-pyrrole nitrogens is 1. The molecule has 2 aromatic rings. The smallest absolute Gasteiger partial charge is 1.00 e. The van der Waals surface area contributed by atoms with Crippen LogP contribution < -0.4 is 46.0 Å². The number of aliphatic carboxylic acids is 1. The molecule has 1 fully saturated rings. The van der Waals surface area contributed by atoms with E-state index in [-0.39, 0.29) is 54.1 Å². The van der Waals surface area contributed by atoms with E-state index in [4.69, 9.17) is 0 Å². The molecule has 0 aliphatic carbocycles. The minimum absolute atomic E-state index is 0. The minimum Gasteiger partial charge on any atom is -1.00 e. The van der Waals surface area contributed by atoms with Crippen LogP contribution in [0.5, 0.6) is 0 Å². The molecule has 2 aliphatic heterocycles. The quantitative estimate of drug-likeness (QED) is 0.102. The van der Waals surface area contributed by atoms with Crippen molar-refractivity contribution >= 4 is 57.2 Å². The third kappa shape index (κ3) is 5.53. The van der Waals surface area contributed by atoms with Gasteiger partial charge in [-0.05, 0) is 18.1 Å². The Hall–Kier alpha value is -1.84. The molecule has 1 aromatic heterocycles. The Bertz CT molecular complexity index is 1340. The van der Waals surface area contributed by atoms with Gasteiger partial charge in [-0.1, -0.05) is 58.0 Å². The number of carbonyl (C=O) groups is 3. The third-order valence-corrected chi connectivity index (χ3v) is 8.83. The number of halogens is 1. The van der Waals surface area contributed by atoms with Crippen LogP contribution in [-0.2, 0) is 20.9 Å². The summed E-state index contributed by atoms with van der Waals surface area (Å²) >= 11 is 5.79. The summed E-state index contributed by atoms with van der Waals surface area (Å²) in [5.74, 6) is -1.69. The molecule has 0 bridgehead atoms. The maximum atomic E-state index is 12.9. The van der Waals surface area contributed by atoms with Gasteiger partial charge in [0, 0.05) is 18.1 Å². The van der Waals surface area contributed by atoms with Gasteiger partial charge in [0.15, 0.2) is 5.16 Å². The summed E-state index contributed by atoms with van der Waals surface area (Å²) in [5.41, 5.74) is -0.503. The Morgan fingerprint density at radius 3 is 2.67 bits per heavy atom. The number of aromatic nitrogens is 3. The van der Waals surface area contributed by atoms with Gasteiger partial charge in [0.2, 0.25) is 5.91 Å². The van der Waals surface area contributed by atoms with Crippen LogP contribution in [0.4, 0.5) is 0 Å². The monoisotopic (exact) mass is 605 g/mol. The average Bonchev–Trinajstić information content (AvgIpc) is 2.87. The second kappa shape index (κ2) is 12.1. The second-order valence-corrected chi connectivity index (χ2v) is 10.6. The Morgan fingerprint density at radius 2 is 2.03 bits per heavy atom. The predicted molar refractivity (Wildman–Crippen MR) is 134 cm³/mol. The van der Waals surface area contributed by atoms with Crippen molar-refractivity contribution in [1.82, 2.24) is 25.0 Å². The number of nitrogens with one attached hydrogen (secondary N) is 2. The molecule has 0 radical (unpaired) electrons. The first-order valence-electron chi connectivity index (χ1n) is 10.5. The molecule has 4 rings (SSSR count). The molecular formula is C21H21BrN5NaO6S2. The zero-order valence-electron chi connectivity index (χ0n) is 20.3. The number of carboxylic acids is 1. The predicted octanol–water partition coefficient (Wildman–Crippen LogP) is -1.97. The van der Waals surface area contributed by atoms with Crippen LogP contribution in [0.1, 0.15) is 18.7 Å². The fourth-order valence-electron chi connectivity index (χ4n) is 3.75. The van der Waals surface area contributed by atoms with E-state index in [1.165, 1.54) is 21.2 Å². The molecule has 0 saturated carbocycles.